The van der Waals surface area contributed by atoms with E-state index in [1.165, 1.54) is 0 Å². The summed E-state index contributed by atoms with van der Waals surface area (Å²) < 4.78 is 4.96. The van der Waals surface area contributed by atoms with Crippen LogP contribution in [-0.4, -0.2) is 19.1 Å². The Kier molecular flexibility index (Phi) is 2.86. The van der Waals surface area contributed by atoms with Crippen LogP contribution in [0.25, 0.3) is 0 Å². The van der Waals surface area contributed by atoms with Crippen molar-refractivity contribution < 1.29 is 4.74 Å². The predicted molar refractivity (Wildman–Crippen MR) is 43.6 cm³/mol. The van der Waals surface area contributed by atoms with Gasteiger partial charge in [-0.2, -0.15) is 0 Å². The highest BCUT2D eigenvalue weighted by Crippen LogP contribution is 2.05. The van der Waals surface area contributed by atoms with E-state index in [2.05, 4.69) is 10.3 Å². The van der Waals surface area contributed by atoms with Crippen molar-refractivity contribution in [2.75, 3.05) is 14.2 Å². The van der Waals surface area contributed by atoms with E-state index in [4.69, 9.17) is 4.74 Å². The summed E-state index contributed by atoms with van der Waals surface area (Å²) in [6.45, 7) is 0.775. The second-order valence-electron chi connectivity index (χ2n) is 2.20. The van der Waals surface area contributed by atoms with Crippen LogP contribution in [0.3, 0.4) is 0 Å². The van der Waals surface area contributed by atoms with E-state index in [0.717, 1.165) is 12.2 Å². The molecule has 0 aliphatic carbocycles. The lowest BCUT2D eigenvalue weighted by Gasteiger charge is -2.01. The molecule has 0 bridgehead atoms. The summed E-state index contributed by atoms with van der Waals surface area (Å²) in [6.07, 6.45) is 0. The van der Waals surface area contributed by atoms with Gasteiger partial charge in [-0.15, -0.1) is 0 Å². The first kappa shape index (κ1) is 8.01. The van der Waals surface area contributed by atoms with Crippen LogP contribution < -0.4 is 10.1 Å². The molecule has 3 nitrogen and oxygen atoms in total. The number of aromatic nitrogens is 1. The Morgan fingerprint density at radius 1 is 1.55 bits per heavy atom. The summed E-state index contributed by atoms with van der Waals surface area (Å²) in [4.78, 5) is 4.20. The van der Waals surface area contributed by atoms with Crippen LogP contribution in [0.2, 0.25) is 0 Å². The van der Waals surface area contributed by atoms with Crippen molar-refractivity contribution in [2.24, 2.45) is 0 Å². The molecule has 0 amide bonds. The Labute approximate surface area is 66.4 Å². The molecule has 0 radical (unpaired) electrons. The van der Waals surface area contributed by atoms with Gasteiger partial charge in [-0.3, -0.25) is 0 Å². The van der Waals surface area contributed by atoms with E-state index >= 15 is 0 Å². The molecule has 0 saturated carbocycles. The van der Waals surface area contributed by atoms with Gasteiger partial charge in [0.25, 0.3) is 0 Å². The first-order valence-corrected chi connectivity index (χ1v) is 3.51. The van der Waals surface area contributed by atoms with Crippen LogP contribution >= 0.6 is 0 Å². The van der Waals surface area contributed by atoms with Gasteiger partial charge in [0, 0.05) is 12.6 Å². The van der Waals surface area contributed by atoms with Gasteiger partial charge in [0.05, 0.1) is 12.8 Å². The summed E-state index contributed by atoms with van der Waals surface area (Å²) in [5.41, 5.74) is 0.992. The fourth-order valence-corrected chi connectivity index (χ4v) is 0.851. The number of hydrogen-bond donors (Lipinski definition) is 1. The summed E-state index contributed by atoms with van der Waals surface area (Å²) in [5.74, 6) is 0.665. The molecular weight excluding hydrogens is 140 g/mol. The van der Waals surface area contributed by atoms with Crippen LogP contribution in [0.15, 0.2) is 18.2 Å². The zero-order chi connectivity index (χ0) is 8.10. The Balaban J connectivity index is 2.74. The quantitative estimate of drug-likeness (QED) is 0.696. The summed E-state index contributed by atoms with van der Waals surface area (Å²) in [6, 6.07) is 5.72. The van der Waals surface area contributed by atoms with Gasteiger partial charge in [0.1, 0.15) is 0 Å². The predicted octanol–water partition coefficient (Wildman–Crippen LogP) is 0.810. The average molecular weight is 152 g/mol. The number of hydrogen-bond acceptors (Lipinski definition) is 3. The standard InChI is InChI=1S/C8H12N2O/c1-9-6-7-4-3-5-8(10-7)11-2/h3-5,9H,6H2,1-2H3. The third kappa shape index (κ3) is 2.20. The molecule has 0 unspecified atom stereocenters. The monoisotopic (exact) mass is 152 g/mol. The molecule has 0 saturated heterocycles. The van der Waals surface area contributed by atoms with Crippen molar-refractivity contribution >= 4 is 0 Å². The maximum atomic E-state index is 4.96. The molecule has 1 aromatic rings. The molecule has 1 N–H and O–H groups in total. The normalized spacial score (nSPS) is 9.64. The Bertz CT molecular complexity index is 225. The molecule has 0 aliphatic heterocycles. The van der Waals surface area contributed by atoms with Crippen LogP contribution in [0, 0.1) is 0 Å². The Morgan fingerprint density at radius 2 is 2.36 bits per heavy atom. The van der Waals surface area contributed by atoms with Gasteiger partial charge in [-0.1, -0.05) is 6.07 Å². The minimum Gasteiger partial charge on any atom is -0.481 e. The SMILES string of the molecule is CNCc1cccc(OC)n1. The average Bonchev–Trinajstić information content (AvgIpc) is 2.06. The van der Waals surface area contributed by atoms with E-state index in [1.807, 2.05) is 25.2 Å². The van der Waals surface area contributed by atoms with Crippen LogP contribution in [0.1, 0.15) is 5.69 Å². The summed E-state index contributed by atoms with van der Waals surface area (Å²) in [5, 5.41) is 3.02. The second kappa shape index (κ2) is 3.93. The number of pyridine rings is 1. The molecule has 1 heterocycles. The van der Waals surface area contributed by atoms with Gasteiger partial charge in [-0.25, -0.2) is 4.98 Å². The molecule has 1 aromatic heterocycles. The number of nitrogens with one attached hydrogen (secondary N) is 1. The summed E-state index contributed by atoms with van der Waals surface area (Å²) >= 11 is 0. The topological polar surface area (TPSA) is 34.1 Å². The number of ether oxygens (including phenoxy) is 1. The molecule has 1 rings (SSSR count). The fraction of sp³-hybridized carbons (Fsp3) is 0.375. The molecule has 60 valence electrons. The zero-order valence-electron chi connectivity index (χ0n) is 6.79. The highest BCUT2D eigenvalue weighted by Gasteiger charge is 1.94. The van der Waals surface area contributed by atoms with Crippen molar-refractivity contribution in [1.29, 1.82) is 0 Å². The van der Waals surface area contributed by atoms with Gasteiger partial charge in [0.2, 0.25) is 5.88 Å². The highest BCUT2D eigenvalue weighted by atomic mass is 16.5. The smallest absolute Gasteiger partial charge is 0.213 e. The third-order valence-corrected chi connectivity index (χ3v) is 1.35. The zero-order valence-corrected chi connectivity index (χ0v) is 6.79. The lowest BCUT2D eigenvalue weighted by Crippen LogP contribution is -2.06. The van der Waals surface area contributed by atoms with Crippen LogP contribution in [0.5, 0.6) is 5.88 Å². The molecule has 11 heavy (non-hydrogen) atoms. The first-order chi connectivity index (χ1) is 5.36. The van der Waals surface area contributed by atoms with Gasteiger partial charge in [-0.05, 0) is 13.1 Å². The van der Waals surface area contributed by atoms with Gasteiger partial charge < -0.3 is 10.1 Å². The van der Waals surface area contributed by atoms with Crippen molar-refractivity contribution in [2.45, 2.75) is 6.54 Å². The van der Waals surface area contributed by atoms with Crippen molar-refractivity contribution in [3.05, 3.63) is 23.9 Å². The molecule has 3 heteroatoms. The van der Waals surface area contributed by atoms with Crippen molar-refractivity contribution in [3.8, 4) is 5.88 Å². The molecule has 0 spiro atoms. The first-order valence-electron chi connectivity index (χ1n) is 3.51. The molecular formula is C8H12N2O. The van der Waals surface area contributed by atoms with Crippen molar-refractivity contribution in [3.63, 3.8) is 0 Å². The van der Waals surface area contributed by atoms with Crippen molar-refractivity contribution in [1.82, 2.24) is 10.3 Å². The maximum Gasteiger partial charge on any atom is 0.213 e. The molecule has 0 aliphatic rings. The summed E-state index contributed by atoms with van der Waals surface area (Å²) in [7, 11) is 3.51. The Morgan fingerprint density at radius 3 is 3.00 bits per heavy atom. The van der Waals surface area contributed by atoms with Gasteiger partial charge in [0.15, 0.2) is 0 Å². The number of rotatable bonds is 3. The second-order valence-corrected chi connectivity index (χ2v) is 2.20. The van der Waals surface area contributed by atoms with E-state index in [1.54, 1.807) is 7.11 Å². The van der Waals surface area contributed by atoms with E-state index in [0.29, 0.717) is 5.88 Å². The number of nitrogens with zero attached hydrogens (tertiary/aromatic N) is 1. The Hall–Kier alpha value is -1.09. The van der Waals surface area contributed by atoms with E-state index < -0.39 is 0 Å². The lowest BCUT2D eigenvalue weighted by atomic mass is 10.3. The number of methoxy groups -OCH3 is 1. The van der Waals surface area contributed by atoms with E-state index in [-0.39, 0.29) is 0 Å². The van der Waals surface area contributed by atoms with Crippen LogP contribution in [-0.2, 0) is 6.54 Å². The fourth-order valence-electron chi connectivity index (χ4n) is 0.851. The maximum absolute atomic E-state index is 4.96. The lowest BCUT2D eigenvalue weighted by molar-refractivity contribution is 0.396. The van der Waals surface area contributed by atoms with Gasteiger partial charge >= 0.3 is 0 Å². The molecule has 0 atom stereocenters. The largest absolute Gasteiger partial charge is 0.481 e. The third-order valence-electron chi connectivity index (χ3n) is 1.35. The minimum atomic E-state index is 0.665. The minimum absolute atomic E-state index is 0.665. The van der Waals surface area contributed by atoms with E-state index in [9.17, 15) is 0 Å². The molecule has 0 aromatic carbocycles. The van der Waals surface area contributed by atoms with Crippen LogP contribution in [0.4, 0.5) is 0 Å². The molecule has 0 fully saturated rings. The highest BCUT2D eigenvalue weighted by molar-refractivity contribution is 5.15.